The largest absolute Gasteiger partial charge is 0.456 e. The maximum Gasteiger partial charge on any atom is 0.227 e. The van der Waals surface area contributed by atoms with Gasteiger partial charge in [0.1, 0.15) is 33.4 Å². The zero-order valence-corrected chi connectivity index (χ0v) is 37.1. The number of nitrogens with zero attached hydrogens (tertiary/aromatic N) is 4. The van der Waals surface area contributed by atoms with Crippen molar-refractivity contribution >= 4 is 110 Å². The maximum absolute atomic E-state index is 6.46. The Balaban J connectivity index is 0.704. The molecule has 0 N–H and O–H groups in total. The molecule has 0 aliphatic rings. The smallest absolute Gasteiger partial charge is 0.227 e. The second-order valence-electron chi connectivity index (χ2n) is 18.1. The normalized spacial score (nSPS) is 12.3. The van der Waals surface area contributed by atoms with Gasteiger partial charge in [-0.2, -0.15) is 0 Å². The molecule has 6 aromatic heterocycles. The average molecular weight is 899 g/mol. The molecule has 326 valence electrons. The van der Waals surface area contributed by atoms with Crippen molar-refractivity contribution in [1.29, 1.82) is 0 Å². The van der Waals surface area contributed by atoms with E-state index in [2.05, 4.69) is 167 Å². The van der Waals surface area contributed by atoms with Gasteiger partial charge < -0.3 is 26.8 Å². The number of hydrogen-bond donors (Lipinski definition) is 0. The zero-order chi connectivity index (χ0) is 45.6. The van der Waals surface area contributed by atoms with Gasteiger partial charge in [0.05, 0.1) is 22.1 Å². The highest BCUT2D eigenvalue weighted by molar-refractivity contribution is 6.28. The van der Waals surface area contributed by atoms with Crippen LogP contribution in [0.25, 0.3) is 155 Å². The summed E-state index contributed by atoms with van der Waals surface area (Å²) in [5, 5.41) is 9.26. The number of oxazole rings is 2. The van der Waals surface area contributed by atoms with Gasteiger partial charge in [-0.15, -0.1) is 0 Å². The number of hydrogen-bond acceptors (Lipinski definition) is 6. The minimum atomic E-state index is 0.566. The van der Waals surface area contributed by atoms with Crippen molar-refractivity contribution in [2.75, 3.05) is 0 Å². The third-order valence-electron chi connectivity index (χ3n) is 14.2. The molecule has 0 fully saturated rings. The molecule has 0 bridgehead atoms. The van der Waals surface area contributed by atoms with Crippen molar-refractivity contribution in [3.05, 3.63) is 206 Å². The van der Waals surface area contributed by atoms with Crippen LogP contribution in [0, 0.1) is 0 Å². The highest BCUT2D eigenvalue weighted by atomic mass is 16.4. The number of aromatic nitrogens is 4. The molecule has 16 aromatic rings. The minimum Gasteiger partial charge on any atom is -0.456 e. The Morgan fingerprint density at radius 3 is 1.13 bits per heavy atom. The van der Waals surface area contributed by atoms with Crippen LogP contribution in [0.4, 0.5) is 0 Å². The van der Waals surface area contributed by atoms with Crippen LogP contribution in [0.5, 0.6) is 0 Å². The van der Waals surface area contributed by atoms with E-state index in [9.17, 15) is 0 Å². The lowest BCUT2D eigenvalue weighted by Crippen LogP contribution is -1.93. The molecule has 0 aliphatic heterocycles. The summed E-state index contributed by atoms with van der Waals surface area (Å²) < 4.78 is 30.1. The Kier molecular flexibility index (Phi) is 7.46. The van der Waals surface area contributed by atoms with E-state index in [4.69, 9.17) is 27.6 Å². The average Bonchev–Trinajstić information content (AvgIpc) is 4.28. The topological polar surface area (TPSA) is 88.2 Å². The van der Waals surface area contributed by atoms with Crippen LogP contribution in [0.2, 0.25) is 0 Å². The second-order valence-corrected chi connectivity index (χ2v) is 18.1. The van der Waals surface area contributed by atoms with Gasteiger partial charge in [0.2, 0.25) is 11.8 Å². The Labute approximate surface area is 396 Å². The SMILES string of the molecule is c1ccc2c(c1)oc1ccc3c(c4ccccc4n3-c3ccc(-c4nc5ccc(-c6ccc7nc(-c8ccc(-n9c%10ccccc%10c%10c%11c(ccc%109)oc9ccccc9%11)cc8)oc7c6)cc5o4)cc3)c12. The van der Waals surface area contributed by atoms with E-state index in [0.29, 0.717) is 22.9 Å². The fraction of sp³-hybridized carbons (Fsp3) is 0. The van der Waals surface area contributed by atoms with Gasteiger partial charge >= 0.3 is 0 Å². The molecule has 0 atom stereocenters. The van der Waals surface area contributed by atoms with Crippen molar-refractivity contribution in [2.45, 2.75) is 0 Å². The van der Waals surface area contributed by atoms with E-state index in [0.717, 1.165) is 111 Å². The Morgan fingerprint density at radius 2 is 0.671 bits per heavy atom. The first-order chi connectivity index (χ1) is 34.7. The first kappa shape index (κ1) is 37.4. The summed E-state index contributed by atoms with van der Waals surface area (Å²) >= 11 is 0. The van der Waals surface area contributed by atoms with Crippen LogP contribution >= 0.6 is 0 Å². The molecule has 8 heteroatoms. The molecule has 16 rings (SSSR count). The van der Waals surface area contributed by atoms with Gasteiger partial charge in [-0.05, 0) is 132 Å². The van der Waals surface area contributed by atoms with E-state index in [-0.39, 0.29) is 0 Å². The molecule has 0 saturated heterocycles. The number of furan rings is 2. The number of rotatable bonds is 5. The molecule has 0 aliphatic carbocycles. The van der Waals surface area contributed by atoms with Crippen LogP contribution in [-0.2, 0) is 0 Å². The summed E-state index contributed by atoms with van der Waals surface area (Å²) in [7, 11) is 0. The van der Waals surface area contributed by atoms with Gasteiger partial charge in [0, 0.05) is 65.6 Å². The van der Waals surface area contributed by atoms with E-state index in [1.807, 2.05) is 48.5 Å². The predicted molar refractivity (Wildman–Crippen MR) is 281 cm³/mol. The lowest BCUT2D eigenvalue weighted by atomic mass is 10.1. The molecule has 0 unspecified atom stereocenters. The first-order valence-electron chi connectivity index (χ1n) is 23.4. The molecule has 0 spiro atoms. The highest BCUT2D eigenvalue weighted by Crippen LogP contribution is 2.43. The maximum atomic E-state index is 6.46. The van der Waals surface area contributed by atoms with Gasteiger partial charge in [0.15, 0.2) is 11.2 Å². The van der Waals surface area contributed by atoms with Gasteiger partial charge in [0.25, 0.3) is 0 Å². The summed E-state index contributed by atoms with van der Waals surface area (Å²) in [6.07, 6.45) is 0. The molecule has 8 nitrogen and oxygen atoms in total. The summed E-state index contributed by atoms with van der Waals surface area (Å²) in [4.78, 5) is 9.82. The Hall–Kier alpha value is -9.66. The van der Waals surface area contributed by atoms with Gasteiger partial charge in [-0.25, -0.2) is 9.97 Å². The molecule has 0 saturated carbocycles. The summed E-state index contributed by atoms with van der Waals surface area (Å²) in [5.74, 6) is 1.13. The standard InChI is InChI=1S/C62H34N4O4/c1-5-13-47-41(9-1)57-49(29-31-53-59(57)43-11-3-7-15-51(43)67-53)65(47)39-23-17-35(18-24-39)61-63-45-27-21-37(33-55(45)69-61)38-22-28-46-56(34-38)70-62(64-46)36-19-25-40(26-20-36)66-48-14-6-2-10-42(48)58-50(66)30-32-54-60(58)44-12-4-8-16-52(44)68-54/h1-34H. The first-order valence-corrected chi connectivity index (χ1v) is 23.4. The molecule has 0 amide bonds. The van der Waals surface area contributed by atoms with Crippen molar-refractivity contribution in [2.24, 2.45) is 0 Å². The molecular weight excluding hydrogens is 865 g/mol. The number of benzene rings is 10. The van der Waals surface area contributed by atoms with Crippen LogP contribution in [0.1, 0.15) is 0 Å². The quantitative estimate of drug-likeness (QED) is 0.171. The zero-order valence-electron chi connectivity index (χ0n) is 37.1. The van der Waals surface area contributed by atoms with Crippen molar-refractivity contribution in [3.63, 3.8) is 0 Å². The van der Waals surface area contributed by atoms with Crippen molar-refractivity contribution < 1.29 is 17.7 Å². The molecular formula is C62H34N4O4. The predicted octanol–water partition coefficient (Wildman–Crippen LogP) is 17.0. The monoisotopic (exact) mass is 898 g/mol. The van der Waals surface area contributed by atoms with Gasteiger partial charge in [-0.1, -0.05) is 84.9 Å². The molecule has 0 radical (unpaired) electrons. The van der Waals surface area contributed by atoms with E-state index in [1.165, 1.54) is 21.5 Å². The minimum absolute atomic E-state index is 0.566. The van der Waals surface area contributed by atoms with Crippen LogP contribution in [-0.4, -0.2) is 19.1 Å². The third-order valence-corrected chi connectivity index (χ3v) is 14.2. The van der Waals surface area contributed by atoms with Crippen molar-refractivity contribution in [1.82, 2.24) is 19.1 Å². The van der Waals surface area contributed by atoms with E-state index in [1.54, 1.807) is 0 Å². The fourth-order valence-electron chi connectivity index (χ4n) is 11.1. The molecule has 10 aromatic carbocycles. The van der Waals surface area contributed by atoms with Crippen LogP contribution < -0.4 is 0 Å². The van der Waals surface area contributed by atoms with E-state index < -0.39 is 0 Å². The summed E-state index contributed by atoms with van der Waals surface area (Å²) in [5.41, 5.74) is 16.9. The van der Waals surface area contributed by atoms with Gasteiger partial charge in [-0.3, -0.25) is 0 Å². The highest BCUT2D eigenvalue weighted by Gasteiger charge is 2.21. The third kappa shape index (κ3) is 5.29. The molecule has 70 heavy (non-hydrogen) atoms. The van der Waals surface area contributed by atoms with Crippen molar-refractivity contribution in [3.8, 4) is 45.4 Å². The van der Waals surface area contributed by atoms with Crippen LogP contribution in [0.15, 0.2) is 224 Å². The second kappa shape index (κ2) is 13.9. The number of fused-ring (bicyclic) bond motifs is 16. The summed E-state index contributed by atoms with van der Waals surface area (Å²) in [6, 6.07) is 71.4. The lowest BCUT2D eigenvalue weighted by Gasteiger charge is -2.08. The fourth-order valence-corrected chi connectivity index (χ4v) is 11.1. The van der Waals surface area contributed by atoms with E-state index >= 15 is 0 Å². The summed E-state index contributed by atoms with van der Waals surface area (Å²) in [6.45, 7) is 0. The Morgan fingerprint density at radius 1 is 0.271 bits per heavy atom. The number of para-hydroxylation sites is 4. The van der Waals surface area contributed by atoms with Crippen LogP contribution in [0.3, 0.4) is 0 Å². The molecule has 6 heterocycles. The Bertz CT molecular complexity index is 4520. The lowest BCUT2D eigenvalue weighted by molar-refractivity contribution is 0.619.